The zero-order chi connectivity index (χ0) is 22.5. The summed E-state index contributed by atoms with van der Waals surface area (Å²) in [4.78, 5) is 11.9. The van der Waals surface area contributed by atoms with E-state index in [4.69, 9.17) is 10.7 Å². The van der Waals surface area contributed by atoms with E-state index in [0.717, 1.165) is 38.2 Å². The van der Waals surface area contributed by atoms with Crippen LogP contribution in [0.4, 0.5) is 0 Å². The van der Waals surface area contributed by atoms with Gasteiger partial charge in [0, 0.05) is 44.1 Å². The third-order valence-electron chi connectivity index (χ3n) is 7.27. The van der Waals surface area contributed by atoms with Crippen LogP contribution in [-0.2, 0) is 26.1 Å². The molecular formula is C28H35N5. The van der Waals surface area contributed by atoms with Gasteiger partial charge in [-0.15, -0.1) is 0 Å². The number of hydrogen-bond acceptors (Lipinski definition) is 5. The molecule has 1 fully saturated rings. The molecule has 2 aliphatic rings. The fourth-order valence-electron chi connectivity index (χ4n) is 5.56. The molecule has 172 valence electrons. The van der Waals surface area contributed by atoms with Crippen molar-refractivity contribution >= 4 is 0 Å². The average Bonchev–Trinajstić information content (AvgIpc) is 3.29. The van der Waals surface area contributed by atoms with Gasteiger partial charge < -0.3 is 11.1 Å². The van der Waals surface area contributed by atoms with Gasteiger partial charge in [-0.1, -0.05) is 42.8 Å². The summed E-state index contributed by atoms with van der Waals surface area (Å²) in [6.45, 7) is 2.55. The predicted octanol–water partition coefficient (Wildman–Crippen LogP) is 4.53. The van der Waals surface area contributed by atoms with Crippen LogP contribution in [0, 0.1) is 0 Å². The summed E-state index contributed by atoms with van der Waals surface area (Å²) in [5.41, 5.74) is 13.0. The first-order valence-corrected chi connectivity index (χ1v) is 12.4. The quantitative estimate of drug-likeness (QED) is 0.538. The van der Waals surface area contributed by atoms with Crippen molar-refractivity contribution in [2.24, 2.45) is 5.73 Å². The van der Waals surface area contributed by atoms with Gasteiger partial charge in [-0.2, -0.15) is 0 Å². The SMILES string of the molecule is N[C@@H]1CCC[C@H]1N(Cc1ccc(CNCc2ccccn2)cc1)C1CCCc2cccnc21. The molecule has 2 aromatic heterocycles. The highest BCUT2D eigenvalue weighted by atomic mass is 15.2. The number of aromatic nitrogens is 2. The summed E-state index contributed by atoms with van der Waals surface area (Å²) < 4.78 is 0. The smallest absolute Gasteiger partial charge is 0.0607 e. The van der Waals surface area contributed by atoms with E-state index in [0.29, 0.717) is 12.1 Å². The van der Waals surface area contributed by atoms with Crippen molar-refractivity contribution in [1.82, 2.24) is 20.2 Å². The number of hydrogen-bond donors (Lipinski definition) is 2. The Morgan fingerprint density at radius 2 is 1.70 bits per heavy atom. The molecule has 1 saturated carbocycles. The standard InChI is InChI=1S/C28H35N5/c29-25-9-4-10-26(25)33(27-11-3-6-23-7-5-17-32-28(23)27)20-22-14-12-21(13-15-22)18-30-19-24-8-1-2-16-31-24/h1-2,5,7-8,12-17,25-27,30H,3-4,6,9-11,18-20,29H2/t25-,26-,27?/m1/s1. The fourth-order valence-corrected chi connectivity index (χ4v) is 5.56. The van der Waals surface area contributed by atoms with Crippen molar-refractivity contribution in [1.29, 1.82) is 0 Å². The Bertz CT molecular complexity index is 1020. The molecule has 1 unspecified atom stereocenters. The van der Waals surface area contributed by atoms with Gasteiger partial charge in [0.2, 0.25) is 0 Å². The zero-order valence-corrected chi connectivity index (χ0v) is 19.4. The Morgan fingerprint density at radius 1 is 0.848 bits per heavy atom. The first kappa shape index (κ1) is 22.2. The normalized spacial score (nSPS) is 22.4. The third kappa shape index (κ3) is 5.32. The van der Waals surface area contributed by atoms with Gasteiger partial charge in [-0.05, 0) is 67.0 Å². The van der Waals surface area contributed by atoms with E-state index in [1.807, 2.05) is 24.5 Å². The van der Waals surface area contributed by atoms with Crippen molar-refractivity contribution < 1.29 is 0 Å². The van der Waals surface area contributed by atoms with Gasteiger partial charge in [0.25, 0.3) is 0 Å². The molecular weight excluding hydrogens is 406 g/mol. The molecule has 33 heavy (non-hydrogen) atoms. The molecule has 3 aromatic rings. The first-order chi connectivity index (χ1) is 16.3. The van der Waals surface area contributed by atoms with E-state index in [2.05, 4.69) is 57.7 Å². The van der Waals surface area contributed by atoms with Crippen molar-refractivity contribution in [3.8, 4) is 0 Å². The predicted molar refractivity (Wildman–Crippen MR) is 132 cm³/mol. The molecule has 5 nitrogen and oxygen atoms in total. The second kappa shape index (κ2) is 10.6. The summed E-state index contributed by atoms with van der Waals surface area (Å²) in [5, 5.41) is 3.49. The molecule has 0 radical (unpaired) electrons. The van der Waals surface area contributed by atoms with Gasteiger partial charge in [0.15, 0.2) is 0 Å². The summed E-state index contributed by atoms with van der Waals surface area (Å²) in [6.07, 6.45) is 10.9. The minimum Gasteiger partial charge on any atom is -0.326 e. The van der Waals surface area contributed by atoms with Gasteiger partial charge >= 0.3 is 0 Å². The average molecular weight is 442 g/mol. The maximum atomic E-state index is 6.61. The minimum absolute atomic E-state index is 0.258. The number of fused-ring (bicyclic) bond motifs is 1. The highest BCUT2D eigenvalue weighted by Gasteiger charge is 2.36. The molecule has 3 N–H and O–H groups in total. The van der Waals surface area contributed by atoms with Crippen molar-refractivity contribution in [3.05, 3.63) is 95.1 Å². The zero-order valence-electron chi connectivity index (χ0n) is 19.4. The number of nitrogens with zero attached hydrogens (tertiary/aromatic N) is 3. The molecule has 5 heteroatoms. The molecule has 0 aliphatic heterocycles. The van der Waals surface area contributed by atoms with E-state index in [9.17, 15) is 0 Å². The lowest BCUT2D eigenvalue weighted by atomic mass is 9.89. The van der Waals surface area contributed by atoms with Crippen molar-refractivity contribution in [2.75, 3.05) is 0 Å². The number of pyridine rings is 2. The summed E-state index contributed by atoms with van der Waals surface area (Å²) in [7, 11) is 0. The van der Waals surface area contributed by atoms with E-state index < -0.39 is 0 Å². The number of aryl methyl sites for hydroxylation is 1. The lowest BCUT2D eigenvalue weighted by Gasteiger charge is -2.40. The molecule has 0 saturated heterocycles. The molecule has 2 heterocycles. The molecule has 0 bridgehead atoms. The van der Waals surface area contributed by atoms with Crippen LogP contribution in [0.2, 0.25) is 0 Å². The Morgan fingerprint density at radius 3 is 2.48 bits per heavy atom. The van der Waals surface area contributed by atoms with Gasteiger partial charge in [0.1, 0.15) is 0 Å². The Labute approximate surface area is 197 Å². The third-order valence-corrected chi connectivity index (χ3v) is 7.27. The van der Waals surface area contributed by atoms with Crippen LogP contribution in [-0.4, -0.2) is 27.0 Å². The second-order valence-electron chi connectivity index (χ2n) is 9.53. The van der Waals surface area contributed by atoms with Crippen molar-refractivity contribution in [2.45, 2.75) is 76.3 Å². The van der Waals surface area contributed by atoms with E-state index in [1.54, 1.807) is 0 Å². The van der Waals surface area contributed by atoms with E-state index in [-0.39, 0.29) is 6.04 Å². The van der Waals surface area contributed by atoms with Crippen LogP contribution in [0.3, 0.4) is 0 Å². The molecule has 0 spiro atoms. The molecule has 3 atom stereocenters. The number of nitrogens with two attached hydrogens (primary N) is 1. The van der Waals surface area contributed by atoms with E-state index in [1.165, 1.54) is 48.1 Å². The number of nitrogens with one attached hydrogen (secondary N) is 1. The summed E-state index contributed by atoms with van der Waals surface area (Å²) in [6, 6.07) is 20.5. The maximum Gasteiger partial charge on any atom is 0.0607 e. The maximum absolute atomic E-state index is 6.61. The number of benzene rings is 1. The second-order valence-corrected chi connectivity index (χ2v) is 9.53. The number of rotatable bonds is 8. The Kier molecular flexibility index (Phi) is 7.10. The lowest BCUT2D eigenvalue weighted by Crippen LogP contribution is -2.46. The van der Waals surface area contributed by atoms with Crippen LogP contribution in [0.1, 0.15) is 66.2 Å². The molecule has 0 amide bonds. The van der Waals surface area contributed by atoms with Gasteiger partial charge in [-0.3, -0.25) is 14.9 Å². The summed E-state index contributed by atoms with van der Waals surface area (Å²) >= 11 is 0. The van der Waals surface area contributed by atoms with Crippen LogP contribution in [0.15, 0.2) is 67.0 Å². The van der Waals surface area contributed by atoms with Gasteiger partial charge in [-0.25, -0.2) is 0 Å². The van der Waals surface area contributed by atoms with Crippen LogP contribution in [0.5, 0.6) is 0 Å². The topological polar surface area (TPSA) is 67.1 Å². The van der Waals surface area contributed by atoms with E-state index >= 15 is 0 Å². The van der Waals surface area contributed by atoms with Crippen LogP contribution in [0.25, 0.3) is 0 Å². The first-order valence-electron chi connectivity index (χ1n) is 12.4. The minimum atomic E-state index is 0.258. The van der Waals surface area contributed by atoms with Crippen LogP contribution < -0.4 is 11.1 Å². The fraction of sp³-hybridized carbons (Fsp3) is 0.429. The highest BCUT2D eigenvalue weighted by Crippen LogP contribution is 2.38. The largest absolute Gasteiger partial charge is 0.326 e. The summed E-state index contributed by atoms with van der Waals surface area (Å²) in [5.74, 6) is 0. The monoisotopic (exact) mass is 441 g/mol. The van der Waals surface area contributed by atoms with Gasteiger partial charge in [0.05, 0.1) is 17.4 Å². The molecule has 2 aliphatic carbocycles. The lowest BCUT2D eigenvalue weighted by molar-refractivity contribution is 0.100. The molecule has 1 aromatic carbocycles. The Hall–Kier alpha value is -2.60. The molecule has 5 rings (SSSR count). The Balaban J connectivity index is 1.28. The highest BCUT2D eigenvalue weighted by molar-refractivity contribution is 5.27. The van der Waals surface area contributed by atoms with Crippen molar-refractivity contribution in [3.63, 3.8) is 0 Å². The van der Waals surface area contributed by atoms with Crippen LogP contribution >= 0.6 is 0 Å².